The maximum absolute atomic E-state index is 12.3. The van der Waals surface area contributed by atoms with Gasteiger partial charge in [-0.05, 0) is 55.5 Å². The molecule has 2 aromatic rings. The third kappa shape index (κ3) is 2.56. The van der Waals surface area contributed by atoms with Gasteiger partial charge in [0.15, 0.2) is 0 Å². The number of amides is 1. The molecule has 104 valence electrons. The Bertz CT molecular complexity index is 626. The van der Waals surface area contributed by atoms with Gasteiger partial charge in [-0.3, -0.25) is 4.79 Å². The zero-order valence-electron chi connectivity index (χ0n) is 11.5. The van der Waals surface area contributed by atoms with Crippen molar-refractivity contribution in [3.05, 3.63) is 51.2 Å². The van der Waals surface area contributed by atoms with Crippen molar-refractivity contribution in [1.82, 2.24) is 5.32 Å². The Hall–Kier alpha value is -1.81. The van der Waals surface area contributed by atoms with Gasteiger partial charge in [0.05, 0.1) is 10.9 Å². The lowest BCUT2D eigenvalue weighted by Crippen LogP contribution is -2.25. The number of nitrogen functional groups attached to an aromatic ring is 1. The molecule has 1 aliphatic rings. The van der Waals surface area contributed by atoms with Gasteiger partial charge in [-0.15, -0.1) is 11.3 Å². The predicted octanol–water partition coefficient (Wildman–Crippen LogP) is 3.31. The molecule has 0 aliphatic heterocycles. The number of nitrogens with two attached hydrogens (primary N) is 1. The van der Waals surface area contributed by atoms with Crippen molar-refractivity contribution in [3.8, 4) is 0 Å². The molecule has 0 saturated heterocycles. The molecular formula is C16H18N2OS. The van der Waals surface area contributed by atoms with Crippen LogP contribution in [0.2, 0.25) is 0 Å². The third-order valence-electron chi connectivity index (χ3n) is 3.73. The number of rotatable bonds is 3. The summed E-state index contributed by atoms with van der Waals surface area (Å²) in [5.74, 6) is 0.0133. The molecule has 1 aromatic heterocycles. The highest BCUT2D eigenvalue weighted by Crippen LogP contribution is 2.30. The highest BCUT2D eigenvalue weighted by Gasteiger charge is 2.19. The van der Waals surface area contributed by atoms with Crippen LogP contribution in [0.5, 0.6) is 0 Å². The second kappa shape index (κ2) is 5.29. The predicted molar refractivity (Wildman–Crippen MR) is 83.1 cm³/mol. The van der Waals surface area contributed by atoms with E-state index < -0.39 is 0 Å². The Balaban J connectivity index is 1.72. The minimum Gasteiger partial charge on any atom is -0.399 e. The van der Waals surface area contributed by atoms with Crippen molar-refractivity contribution in [2.45, 2.75) is 32.2 Å². The summed E-state index contributed by atoms with van der Waals surface area (Å²) in [6.07, 6.45) is 3.46. The molecule has 0 spiro atoms. The molecule has 1 aromatic carbocycles. The molecule has 20 heavy (non-hydrogen) atoms. The maximum Gasteiger partial charge on any atom is 0.261 e. The number of carbonyl (C=O) groups is 1. The molecule has 3 rings (SSSR count). The van der Waals surface area contributed by atoms with E-state index in [4.69, 9.17) is 5.73 Å². The van der Waals surface area contributed by atoms with Crippen molar-refractivity contribution in [2.75, 3.05) is 5.73 Å². The van der Waals surface area contributed by atoms with Gasteiger partial charge in [0.2, 0.25) is 0 Å². The van der Waals surface area contributed by atoms with E-state index in [1.165, 1.54) is 16.9 Å². The van der Waals surface area contributed by atoms with Gasteiger partial charge in [0, 0.05) is 10.6 Å². The van der Waals surface area contributed by atoms with E-state index in [0.717, 1.165) is 29.0 Å². The topological polar surface area (TPSA) is 55.1 Å². The van der Waals surface area contributed by atoms with Crippen LogP contribution in [0.15, 0.2) is 30.3 Å². The van der Waals surface area contributed by atoms with Crippen LogP contribution < -0.4 is 11.1 Å². The van der Waals surface area contributed by atoms with Gasteiger partial charge in [0.25, 0.3) is 5.91 Å². The number of anilines is 1. The highest BCUT2D eigenvalue weighted by molar-refractivity contribution is 7.14. The zero-order chi connectivity index (χ0) is 14.1. The molecule has 0 radical (unpaired) electrons. The van der Waals surface area contributed by atoms with E-state index in [1.54, 1.807) is 11.3 Å². The van der Waals surface area contributed by atoms with E-state index in [-0.39, 0.29) is 11.9 Å². The Labute approximate surface area is 122 Å². The summed E-state index contributed by atoms with van der Waals surface area (Å²) in [5.41, 5.74) is 8.89. The van der Waals surface area contributed by atoms with Crippen LogP contribution in [0.25, 0.3) is 0 Å². The number of nitrogens with one attached hydrogen (secondary N) is 1. The number of fused-ring (bicyclic) bond motifs is 1. The lowest BCUT2D eigenvalue weighted by molar-refractivity contribution is 0.0944. The molecule has 4 heteroatoms. The average Bonchev–Trinajstić information content (AvgIpc) is 2.99. The van der Waals surface area contributed by atoms with E-state index in [1.807, 2.05) is 31.2 Å². The summed E-state index contributed by atoms with van der Waals surface area (Å²) in [7, 11) is 0. The summed E-state index contributed by atoms with van der Waals surface area (Å²) < 4.78 is 0. The first-order valence-electron chi connectivity index (χ1n) is 6.91. The van der Waals surface area contributed by atoms with Crippen LogP contribution in [0, 0.1) is 0 Å². The Kier molecular flexibility index (Phi) is 3.49. The van der Waals surface area contributed by atoms with Gasteiger partial charge in [0.1, 0.15) is 0 Å². The first-order chi connectivity index (χ1) is 9.63. The molecule has 0 bridgehead atoms. The fourth-order valence-electron chi connectivity index (χ4n) is 2.62. The molecule has 1 atom stereocenters. The van der Waals surface area contributed by atoms with Crippen LogP contribution in [-0.4, -0.2) is 5.91 Å². The van der Waals surface area contributed by atoms with E-state index in [2.05, 4.69) is 11.4 Å². The van der Waals surface area contributed by atoms with Gasteiger partial charge in [-0.25, -0.2) is 0 Å². The molecule has 1 heterocycles. The number of hydrogen-bond acceptors (Lipinski definition) is 3. The molecule has 1 unspecified atom stereocenters. The quantitative estimate of drug-likeness (QED) is 0.851. The first-order valence-corrected chi connectivity index (χ1v) is 7.73. The number of aryl methyl sites for hydroxylation is 2. The lowest BCUT2D eigenvalue weighted by atomic mass is 10.1. The van der Waals surface area contributed by atoms with Crippen LogP contribution in [0.4, 0.5) is 5.69 Å². The fraction of sp³-hybridized carbons (Fsp3) is 0.312. The van der Waals surface area contributed by atoms with E-state index in [9.17, 15) is 4.79 Å². The minimum atomic E-state index is -0.0389. The van der Waals surface area contributed by atoms with Crippen molar-refractivity contribution < 1.29 is 4.79 Å². The summed E-state index contributed by atoms with van der Waals surface area (Å²) in [6.45, 7) is 1.98. The molecule has 3 N–H and O–H groups in total. The Morgan fingerprint density at radius 3 is 2.95 bits per heavy atom. The van der Waals surface area contributed by atoms with Crippen molar-refractivity contribution in [1.29, 1.82) is 0 Å². The molecule has 1 aliphatic carbocycles. The maximum atomic E-state index is 12.3. The molecule has 0 fully saturated rings. The molecule has 1 amide bonds. The number of carbonyl (C=O) groups excluding carboxylic acids is 1. The molecule has 3 nitrogen and oxygen atoms in total. The fourth-order valence-corrected chi connectivity index (χ4v) is 3.78. The monoisotopic (exact) mass is 286 g/mol. The van der Waals surface area contributed by atoms with Crippen LogP contribution >= 0.6 is 11.3 Å². The van der Waals surface area contributed by atoms with Crippen molar-refractivity contribution in [3.63, 3.8) is 0 Å². The summed E-state index contributed by atoms with van der Waals surface area (Å²) in [4.78, 5) is 14.5. The van der Waals surface area contributed by atoms with Gasteiger partial charge < -0.3 is 11.1 Å². The normalized spacial score (nSPS) is 14.8. The second-order valence-corrected chi connectivity index (χ2v) is 6.41. The molecular weight excluding hydrogens is 268 g/mol. The standard InChI is InChI=1S/C16H18N2OS/c1-10(11-4-2-6-13(17)8-11)18-16(19)15-9-12-5-3-7-14(12)20-15/h2,4,6,8-10H,3,5,7,17H2,1H3,(H,18,19). The van der Waals surface area contributed by atoms with Gasteiger partial charge >= 0.3 is 0 Å². The van der Waals surface area contributed by atoms with E-state index >= 15 is 0 Å². The molecule has 0 saturated carbocycles. The lowest BCUT2D eigenvalue weighted by Gasteiger charge is -2.14. The van der Waals surface area contributed by atoms with E-state index in [0.29, 0.717) is 0 Å². The summed E-state index contributed by atoms with van der Waals surface area (Å²) in [6, 6.07) is 9.65. The third-order valence-corrected chi connectivity index (χ3v) is 4.96. The summed E-state index contributed by atoms with van der Waals surface area (Å²) in [5, 5.41) is 3.04. The zero-order valence-corrected chi connectivity index (χ0v) is 12.3. The highest BCUT2D eigenvalue weighted by atomic mass is 32.1. The Morgan fingerprint density at radius 1 is 1.35 bits per heavy atom. The van der Waals surface area contributed by atoms with Crippen molar-refractivity contribution >= 4 is 22.9 Å². The first kappa shape index (κ1) is 13.2. The van der Waals surface area contributed by atoms with Gasteiger partial charge in [-0.2, -0.15) is 0 Å². The SMILES string of the molecule is CC(NC(=O)c1cc2c(s1)CCC2)c1cccc(N)c1. The minimum absolute atomic E-state index is 0.0133. The Morgan fingerprint density at radius 2 is 2.20 bits per heavy atom. The smallest absolute Gasteiger partial charge is 0.261 e. The van der Waals surface area contributed by atoms with Crippen LogP contribution in [0.3, 0.4) is 0 Å². The number of hydrogen-bond donors (Lipinski definition) is 2. The second-order valence-electron chi connectivity index (χ2n) is 5.28. The van der Waals surface area contributed by atoms with Crippen molar-refractivity contribution in [2.24, 2.45) is 0 Å². The largest absolute Gasteiger partial charge is 0.399 e. The van der Waals surface area contributed by atoms with Crippen LogP contribution in [-0.2, 0) is 12.8 Å². The number of thiophene rings is 1. The van der Waals surface area contributed by atoms with Gasteiger partial charge in [-0.1, -0.05) is 12.1 Å². The van der Waals surface area contributed by atoms with Crippen LogP contribution in [0.1, 0.15) is 45.1 Å². The number of benzene rings is 1. The summed E-state index contributed by atoms with van der Waals surface area (Å²) >= 11 is 1.63. The average molecular weight is 286 g/mol.